The molecule has 0 radical (unpaired) electrons. The van der Waals surface area contributed by atoms with Crippen LogP contribution < -0.4 is 4.90 Å². The lowest BCUT2D eigenvalue weighted by atomic mass is 10.0. The summed E-state index contributed by atoms with van der Waals surface area (Å²) in [5.41, 5.74) is 3.72. The van der Waals surface area contributed by atoms with E-state index in [0.29, 0.717) is 32.2 Å². The third-order valence-corrected chi connectivity index (χ3v) is 4.83. The molecule has 1 aliphatic rings. The molecule has 1 aliphatic heterocycles. The molecule has 0 atom stereocenters. The van der Waals surface area contributed by atoms with Crippen molar-refractivity contribution in [2.24, 2.45) is 0 Å². The quantitative estimate of drug-likeness (QED) is 0.662. The van der Waals surface area contributed by atoms with Gasteiger partial charge >= 0.3 is 0 Å². The maximum atomic E-state index is 13.0. The van der Waals surface area contributed by atoms with Crippen molar-refractivity contribution in [1.29, 1.82) is 0 Å². The average molecular weight is 359 g/mol. The summed E-state index contributed by atoms with van der Waals surface area (Å²) in [7, 11) is 0. The number of fused-ring (bicyclic) bond motifs is 2. The molecule has 0 spiro atoms. The van der Waals surface area contributed by atoms with Gasteiger partial charge in [0, 0.05) is 30.4 Å². The fourth-order valence-corrected chi connectivity index (χ4v) is 3.28. The fraction of sp³-hybridized carbons (Fsp3) is 0.333. The predicted octanol–water partition coefficient (Wildman–Crippen LogP) is 4.86. The number of benzene rings is 2. The first-order valence-corrected chi connectivity index (χ1v) is 9.70. The van der Waals surface area contributed by atoms with Gasteiger partial charge in [-0.25, -0.2) is 0 Å². The number of carbonyl (C=O) groups excluding carboxylic acids is 2. The summed E-state index contributed by atoms with van der Waals surface area (Å²) in [6.45, 7) is 2.58. The summed E-state index contributed by atoms with van der Waals surface area (Å²) in [5, 5.41) is 0. The highest BCUT2D eigenvalue weighted by Gasteiger charge is 2.20. The highest BCUT2D eigenvalue weighted by atomic mass is 16.2. The third-order valence-electron chi connectivity index (χ3n) is 4.83. The van der Waals surface area contributed by atoms with Crippen LogP contribution in [0.5, 0.6) is 0 Å². The summed E-state index contributed by atoms with van der Waals surface area (Å²) in [4.78, 5) is 26.7. The summed E-state index contributed by atoms with van der Waals surface area (Å²) >= 11 is 0. The summed E-state index contributed by atoms with van der Waals surface area (Å²) in [6, 6.07) is 15.7. The van der Waals surface area contributed by atoms with E-state index < -0.39 is 0 Å². The van der Waals surface area contributed by atoms with Crippen molar-refractivity contribution in [3.05, 3.63) is 65.2 Å². The Hall–Kier alpha value is -2.86. The van der Waals surface area contributed by atoms with Crippen molar-refractivity contribution >= 4 is 17.4 Å². The van der Waals surface area contributed by atoms with Gasteiger partial charge < -0.3 is 4.90 Å². The van der Waals surface area contributed by atoms with Crippen LogP contribution in [0.4, 0.5) is 5.69 Å². The van der Waals surface area contributed by atoms with Crippen LogP contribution in [-0.2, 0) is 16.1 Å². The van der Waals surface area contributed by atoms with Gasteiger partial charge in [-0.1, -0.05) is 55.5 Å². The molecule has 0 saturated heterocycles. The van der Waals surface area contributed by atoms with Gasteiger partial charge in [0.05, 0.1) is 12.2 Å². The Morgan fingerprint density at radius 1 is 0.889 bits per heavy atom. The van der Waals surface area contributed by atoms with Crippen LogP contribution in [0, 0.1) is 11.8 Å². The first-order chi connectivity index (χ1) is 13.2. The van der Waals surface area contributed by atoms with Crippen LogP contribution in [0.3, 0.4) is 0 Å². The topological polar surface area (TPSA) is 37.4 Å². The van der Waals surface area contributed by atoms with Crippen molar-refractivity contribution in [3.8, 4) is 11.8 Å². The van der Waals surface area contributed by atoms with E-state index in [4.69, 9.17) is 0 Å². The molecule has 2 aromatic carbocycles. The second kappa shape index (κ2) is 9.19. The molecular weight excluding hydrogens is 334 g/mol. The molecule has 0 saturated carbocycles. The maximum absolute atomic E-state index is 13.0. The van der Waals surface area contributed by atoms with E-state index in [0.717, 1.165) is 35.2 Å². The van der Waals surface area contributed by atoms with Gasteiger partial charge in [-0.2, -0.15) is 0 Å². The van der Waals surface area contributed by atoms with Gasteiger partial charge in [0.2, 0.25) is 5.91 Å². The number of nitrogens with zero attached hydrogens (tertiary/aromatic N) is 1. The molecule has 3 heteroatoms. The van der Waals surface area contributed by atoms with Crippen molar-refractivity contribution in [2.45, 2.75) is 52.0 Å². The number of carbonyl (C=O) groups is 2. The second-order valence-electron chi connectivity index (χ2n) is 6.90. The Labute approximate surface area is 161 Å². The normalized spacial score (nSPS) is 12.1. The van der Waals surface area contributed by atoms with Gasteiger partial charge in [0.1, 0.15) is 5.78 Å². The van der Waals surface area contributed by atoms with Crippen LogP contribution in [0.15, 0.2) is 48.5 Å². The Balaban J connectivity index is 1.77. The molecule has 3 rings (SSSR count). The smallest absolute Gasteiger partial charge is 0.227 e. The zero-order valence-electron chi connectivity index (χ0n) is 15.8. The molecule has 0 unspecified atom stereocenters. The average Bonchev–Trinajstić information content (AvgIpc) is 2.68. The lowest BCUT2D eigenvalue weighted by molar-refractivity contribution is -0.120. The number of unbranched alkanes of at least 4 members (excludes halogenated alkanes) is 1. The molecule has 27 heavy (non-hydrogen) atoms. The molecule has 0 aliphatic carbocycles. The number of ketones is 1. The number of Topliss-reactive ketones (excluding diaryl/α,β-unsaturated/α-hetero) is 1. The first-order valence-electron chi connectivity index (χ1n) is 9.70. The largest absolute Gasteiger partial charge is 0.307 e. The van der Waals surface area contributed by atoms with E-state index in [2.05, 4.69) is 18.8 Å². The van der Waals surface area contributed by atoms with Crippen LogP contribution in [0.25, 0.3) is 0 Å². The lowest BCUT2D eigenvalue weighted by Crippen LogP contribution is -2.31. The van der Waals surface area contributed by atoms with Crippen molar-refractivity contribution in [1.82, 2.24) is 0 Å². The Morgan fingerprint density at radius 3 is 2.37 bits per heavy atom. The summed E-state index contributed by atoms with van der Waals surface area (Å²) in [6.07, 6.45) is 4.05. The van der Waals surface area contributed by atoms with E-state index in [1.807, 2.05) is 53.4 Å². The van der Waals surface area contributed by atoms with Crippen LogP contribution in [-0.4, -0.2) is 11.7 Å². The molecule has 138 valence electrons. The van der Waals surface area contributed by atoms with E-state index in [9.17, 15) is 9.59 Å². The van der Waals surface area contributed by atoms with Crippen molar-refractivity contribution in [2.75, 3.05) is 4.90 Å². The number of hydrogen-bond acceptors (Lipinski definition) is 2. The molecule has 3 nitrogen and oxygen atoms in total. The van der Waals surface area contributed by atoms with E-state index in [1.54, 1.807) is 0 Å². The number of para-hydroxylation sites is 1. The highest BCUT2D eigenvalue weighted by Crippen LogP contribution is 2.26. The number of rotatable bonds is 7. The van der Waals surface area contributed by atoms with E-state index in [-0.39, 0.29) is 11.7 Å². The standard InChI is InChI=1S/C24H25NO2/c1-2-3-12-22(26)13-8-15-24(27)25-18-21-11-5-4-9-19(21)16-17-20-10-6-7-14-23(20)25/h4-7,9-11,14H,2-3,8,12-13,15,18H2,1H3. The first kappa shape index (κ1) is 18.9. The Bertz CT molecular complexity index is 888. The Kier molecular flexibility index (Phi) is 6.44. The van der Waals surface area contributed by atoms with Crippen LogP contribution >= 0.6 is 0 Å². The zero-order valence-corrected chi connectivity index (χ0v) is 15.8. The van der Waals surface area contributed by atoms with Crippen LogP contribution in [0.2, 0.25) is 0 Å². The molecule has 1 amide bonds. The SMILES string of the molecule is CCCCC(=O)CCCC(=O)N1Cc2ccccc2C#Cc2ccccc21. The Morgan fingerprint density at radius 2 is 1.56 bits per heavy atom. The second-order valence-corrected chi connectivity index (χ2v) is 6.90. The molecule has 0 fully saturated rings. The molecular formula is C24H25NO2. The minimum absolute atomic E-state index is 0.0456. The molecule has 2 aromatic rings. The van der Waals surface area contributed by atoms with Gasteiger partial charge in [-0.15, -0.1) is 0 Å². The van der Waals surface area contributed by atoms with Crippen molar-refractivity contribution in [3.63, 3.8) is 0 Å². The van der Waals surface area contributed by atoms with Crippen molar-refractivity contribution < 1.29 is 9.59 Å². The molecule has 0 N–H and O–H groups in total. The number of anilines is 1. The monoisotopic (exact) mass is 359 g/mol. The van der Waals surface area contributed by atoms with Gasteiger partial charge in [-0.3, -0.25) is 9.59 Å². The fourth-order valence-electron chi connectivity index (χ4n) is 3.28. The predicted molar refractivity (Wildman–Crippen MR) is 108 cm³/mol. The van der Waals surface area contributed by atoms with Gasteiger partial charge in [0.25, 0.3) is 0 Å². The summed E-state index contributed by atoms with van der Waals surface area (Å²) in [5.74, 6) is 6.74. The minimum atomic E-state index is 0.0456. The third kappa shape index (κ3) is 4.86. The van der Waals surface area contributed by atoms with Gasteiger partial charge in [-0.05, 0) is 36.6 Å². The lowest BCUT2D eigenvalue weighted by Gasteiger charge is -2.26. The van der Waals surface area contributed by atoms with E-state index in [1.165, 1.54) is 0 Å². The van der Waals surface area contributed by atoms with Gasteiger partial charge in [0.15, 0.2) is 0 Å². The van der Waals surface area contributed by atoms with E-state index >= 15 is 0 Å². The minimum Gasteiger partial charge on any atom is -0.307 e. The number of hydrogen-bond donors (Lipinski definition) is 0. The number of amides is 1. The molecule has 0 bridgehead atoms. The molecule has 1 heterocycles. The highest BCUT2D eigenvalue weighted by molar-refractivity contribution is 5.95. The molecule has 0 aromatic heterocycles. The zero-order chi connectivity index (χ0) is 19.1. The van der Waals surface area contributed by atoms with Crippen LogP contribution in [0.1, 0.15) is 62.1 Å². The summed E-state index contributed by atoms with van der Waals surface area (Å²) < 4.78 is 0. The maximum Gasteiger partial charge on any atom is 0.227 e.